The van der Waals surface area contributed by atoms with Gasteiger partial charge in [0.1, 0.15) is 5.01 Å². The van der Waals surface area contributed by atoms with Crippen molar-refractivity contribution in [3.05, 3.63) is 70.2 Å². The van der Waals surface area contributed by atoms with Crippen molar-refractivity contribution in [3.63, 3.8) is 0 Å². The van der Waals surface area contributed by atoms with Gasteiger partial charge in [0.2, 0.25) is 0 Å². The van der Waals surface area contributed by atoms with Gasteiger partial charge in [-0.3, -0.25) is 9.69 Å². The average Bonchev–Trinajstić information content (AvgIpc) is 3.48. The van der Waals surface area contributed by atoms with Gasteiger partial charge in [0.05, 0.1) is 25.5 Å². The first-order valence-corrected chi connectivity index (χ1v) is 12.5. The van der Waals surface area contributed by atoms with Crippen molar-refractivity contribution in [3.8, 4) is 10.7 Å². The Labute approximate surface area is 203 Å². The van der Waals surface area contributed by atoms with Crippen molar-refractivity contribution < 1.29 is 9.53 Å². The maximum Gasteiger partial charge on any atom is 0.251 e. The highest BCUT2D eigenvalue weighted by Crippen LogP contribution is 2.31. The number of nitrogens with zero attached hydrogens (tertiary/aromatic N) is 4. The molecule has 176 valence electrons. The standard InChI is InChI=1S/C26H29N5O2S/c1-3-31-22-9-4-6-18(2)21(22)15-23(31)26-29-28-24(34-26)16-27-25(32)20-8-5-7-19(14-20)17-30-10-12-33-13-11-30/h4-9,14-15H,3,10-13,16-17H2,1-2H3,(H,27,32). The molecule has 4 aromatic rings. The second-order valence-corrected chi connectivity index (χ2v) is 9.62. The van der Waals surface area contributed by atoms with Gasteiger partial charge < -0.3 is 14.6 Å². The Hall–Kier alpha value is -3.07. The summed E-state index contributed by atoms with van der Waals surface area (Å²) in [7, 11) is 0. The fourth-order valence-electron chi connectivity index (χ4n) is 4.47. The summed E-state index contributed by atoms with van der Waals surface area (Å²) in [6, 6.07) is 16.4. The van der Waals surface area contributed by atoms with Crippen LogP contribution in [0, 0.1) is 6.92 Å². The third kappa shape index (κ3) is 4.75. The van der Waals surface area contributed by atoms with E-state index in [0.717, 1.165) is 60.7 Å². The molecule has 1 aliphatic heterocycles. The first kappa shape index (κ1) is 22.7. The first-order chi connectivity index (χ1) is 16.6. The van der Waals surface area contributed by atoms with E-state index in [9.17, 15) is 4.79 Å². The molecule has 7 nitrogen and oxygen atoms in total. The summed E-state index contributed by atoms with van der Waals surface area (Å²) in [5, 5.41) is 14.7. The minimum Gasteiger partial charge on any atom is -0.379 e. The van der Waals surface area contributed by atoms with E-state index in [1.165, 1.54) is 27.8 Å². The summed E-state index contributed by atoms with van der Waals surface area (Å²) in [5.41, 5.74) is 5.32. The summed E-state index contributed by atoms with van der Waals surface area (Å²) >= 11 is 1.52. The van der Waals surface area contributed by atoms with Gasteiger partial charge in [-0.05, 0) is 49.2 Å². The molecule has 0 saturated carbocycles. The van der Waals surface area contributed by atoms with Gasteiger partial charge in [0.25, 0.3) is 5.91 Å². The van der Waals surface area contributed by atoms with Crippen LogP contribution in [0.25, 0.3) is 21.6 Å². The third-order valence-electron chi connectivity index (χ3n) is 6.27. The molecule has 1 N–H and O–H groups in total. The molecule has 2 aromatic carbocycles. The molecule has 1 amide bonds. The van der Waals surface area contributed by atoms with E-state index in [0.29, 0.717) is 12.1 Å². The first-order valence-electron chi connectivity index (χ1n) is 11.7. The lowest BCUT2D eigenvalue weighted by atomic mass is 10.1. The van der Waals surface area contributed by atoms with Crippen molar-refractivity contribution in [2.75, 3.05) is 26.3 Å². The molecule has 0 radical (unpaired) electrons. The zero-order valence-electron chi connectivity index (χ0n) is 19.6. The van der Waals surface area contributed by atoms with Crippen LogP contribution in [0.1, 0.15) is 33.4 Å². The van der Waals surface area contributed by atoms with Crippen LogP contribution in [0.2, 0.25) is 0 Å². The van der Waals surface area contributed by atoms with Gasteiger partial charge in [-0.15, -0.1) is 10.2 Å². The monoisotopic (exact) mass is 475 g/mol. The van der Waals surface area contributed by atoms with Crippen LogP contribution in [0.4, 0.5) is 0 Å². The zero-order chi connectivity index (χ0) is 23.5. The Kier molecular flexibility index (Phi) is 6.71. The van der Waals surface area contributed by atoms with Crippen LogP contribution < -0.4 is 5.32 Å². The highest BCUT2D eigenvalue weighted by atomic mass is 32.1. The minimum atomic E-state index is -0.0983. The van der Waals surface area contributed by atoms with E-state index in [4.69, 9.17) is 4.74 Å². The lowest BCUT2D eigenvalue weighted by Crippen LogP contribution is -2.35. The second-order valence-electron chi connectivity index (χ2n) is 8.55. The molecule has 5 rings (SSSR count). The normalized spacial score (nSPS) is 14.5. The van der Waals surface area contributed by atoms with Gasteiger partial charge >= 0.3 is 0 Å². The number of morpholine rings is 1. The largest absolute Gasteiger partial charge is 0.379 e. The highest BCUT2D eigenvalue weighted by molar-refractivity contribution is 7.14. The molecule has 0 unspecified atom stereocenters. The predicted molar refractivity (Wildman–Crippen MR) is 135 cm³/mol. The van der Waals surface area contributed by atoms with Gasteiger partial charge in [0.15, 0.2) is 5.01 Å². The van der Waals surface area contributed by atoms with Crippen LogP contribution >= 0.6 is 11.3 Å². The molecule has 8 heteroatoms. The second kappa shape index (κ2) is 10.0. The number of benzene rings is 2. The lowest BCUT2D eigenvalue weighted by molar-refractivity contribution is 0.0342. The number of nitrogens with one attached hydrogen (secondary N) is 1. The molecule has 0 bridgehead atoms. The molecule has 34 heavy (non-hydrogen) atoms. The molecular weight excluding hydrogens is 446 g/mol. The van der Waals surface area contributed by atoms with E-state index in [-0.39, 0.29) is 5.91 Å². The number of hydrogen-bond acceptors (Lipinski definition) is 6. The molecule has 0 aliphatic carbocycles. The van der Waals surface area contributed by atoms with Crippen molar-refractivity contribution in [2.45, 2.75) is 33.5 Å². The summed E-state index contributed by atoms with van der Waals surface area (Å²) in [6.45, 7) is 9.69. The highest BCUT2D eigenvalue weighted by Gasteiger charge is 2.16. The molecule has 1 aliphatic rings. The van der Waals surface area contributed by atoms with E-state index in [2.05, 4.69) is 69.2 Å². The van der Waals surface area contributed by atoms with Crippen LogP contribution in [0.3, 0.4) is 0 Å². The molecule has 2 aromatic heterocycles. The van der Waals surface area contributed by atoms with Gasteiger partial charge in [0, 0.05) is 42.6 Å². The Balaban J connectivity index is 1.26. The number of aryl methyl sites for hydroxylation is 2. The number of rotatable bonds is 7. The number of ether oxygens (including phenoxy) is 1. The van der Waals surface area contributed by atoms with Crippen LogP contribution in [0.15, 0.2) is 48.5 Å². The maximum atomic E-state index is 12.8. The third-order valence-corrected chi connectivity index (χ3v) is 7.21. The van der Waals surface area contributed by atoms with E-state index in [1.54, 1.807) is 0 Å². The Morgan fingerprint density at radius 3 is 2.76 bits per heavy atom. The van der Waals surface area contributed by atoms with Gasteiger partial charge in [-0.2, -0.15) is 0 Å². The smallest absolute Gasteiger partial charge is 0.251 e. The zero-order valence-corrected chi connectivity index (χ0v) is 20.4. The Morgan fingerprint density at radius 2 is 1.94 bits per heavy atom. The minimum absolute atomic E-state index is 0.0983. The van der Waals surface area contributed by atoms with E-state index >= 15 is 0 Å². The summed E-state index contributed by atoms with van der Waals surface area (Å²) in [6.07, 6.45) is 0. The van der Waals surface area contributed by atoms with Gasteiger partial charge in [-0.1, -0.05) is 35.6 Å². The summed E-state index contributed by atoms with van der Waals surface area (Å²) < 4.78 is 7.69. The number of aromatic nitrogens is 3. The summed E-state index contributed by atoms with van der Waals surface area (Å²) in [4.78, 5) is 15.1. The van der Waals surface area contributed by atoms with Crippen LogP contribution in [0.5, 0.6) is 0 Å². The van der Waals surface area contributed by atoms with Crippen molar-refractivity contribution in [1.82, 2.24) is 25.0 Å². The predicted octanol–water partition coefficient (Wildman–Crippen LogP) is 4.25. The maximum absolute atomic E-state index is 12.8. The SMILES string of the molecule is CCn1c(-c2nnc(CNC(=O)c3cccc(CN4CCOCC4)c3)s2)cc2c(C)cccc21. The number of amides is 1. The lowest BCUT2D eigenvalue weighted by Gasteiger charge is -2.26. The molecule has 1 saturated heterocycles. The van der Waals surface area contributed by atoms with E-state index < -0.39 is 0 Å². The molecule has 0 atom stereocenters. The number of carbonyl (C=O) groups excluding carboxylic acids is 1. The molecule has 3 heterocycles. The quantitative estimate of drug-likeness (QED) is 0.433. The fourth-order valence-corrected chi connectivity index (χ4v) is 5.27. The van der Waals surface area contributed by atoms with Crippen molar-refractivity contribution in [2.24, 2.45) is 0 Å². The number of carbonyl (C=O) groups is 1. The summed E-state index contributed by atoms with van der Waals surface area (Å²) in [5.74, 6) is -0.0983. The van der Waals surface area contributed by atoms with Crippen LogP contribution in [-0.4, -0.2) is 51.9 Å². The van der Waals surface area contributed by atoms with Crippen LogP contribution in [-0.2, 0) is 24.4 Å². The number of fused-ring (bicyclic) bond motifs is 1. The van der Waals surface area contributed by atoms with E-state index in [1.807, 2.05) is 18.2 Å². The Morgan fingerprint density at radius 1 is 1.12 bits per heavy atom. The number of hydrogen-bond donors (Lipinski definition) is 1. The van der Waals surface area contributed by atoms with Gasteiger partial charge in [-0.25, -0.2) is 0 Å². The molecule has 0 spiro atoms. The van der Waals surface area contributed by atoms with Crippen molar-refractivity contribution in [1.29, 1.82) is 0 Å². The Bertz CT molecular complexity index is 1310. The fraction of sp³-hybridized carbons (Fsp3) is 0.346. The molecule has 1 fully saturated rings. The molecular formula is C26H29N5O2S. The topological polar surface area (TPSA) is 72.3 Å². The van der Waals surface area contributed by atoms with Crippen molar-refractivity contribution >= 4 is 28.1 Å². The average molecular weight is 476 g/mol.